The maximum Gasteiger partial charge on any atom is 0.254 e. The molecule has 0 bridgehead atoms. The maximum absolute atomic E-state index is 15.6. The van der Waals surface area contributed by atoms with E-state index in [9.17, 15) is 0 Å². The molecule has 3 aromatic heterocycles. The first-order valence-electron chi connectivity index (χ1n) is 10.0. The van der Waals surface area contributed by atoms with Gasteiger partial charge >= 0.3 is 0 Å². The fraction of sp³-hybridized carbons (Fsp3) is 0.227. The van der Waals surface area contributed by atoms with Crippen LogP contribution in [0.4, 0.5) is 21.8 Å². The monoisotopic (exact) mass is 416 g/mol. The summed E-state index contributed by atoms with van der Waals surface area (Å²) in [6, 6.07) is 10.1. The molecule has 1 N–H and O–H groups in total. The molecule has 0 atom stereocenters. The largest absolute Gasteiger partial charge is 0.349 e. The minimum atomic E-state index is -0.532. The van der Waals surface area contributed by atoms with Crippen LogP contribution in [0.25, 0.3) is 5.95 Å². The molecule has 0 unspecified atom stereocenters. The number of aryl methyl sites for hydroxylation is 2. The second-order valence-electron chi connectivity index (χ2n) is 7.50. The van der Waals surface area contributed by atoms with Gasteiger partial charge < -0.3 is 10.2 Å². The molecule has 1 aliphatic heterocycles. The summed E-state index contributed by atoms with van der Waals surface area (Å²) < 4.78 is 17.2. The molecule has 1 aromatic carbocycles. The summed E-state index contributed by atoms with van der Waals surface area (Å²) >= 11 is 0. The highest BCUT2D eigenvalue weighted by Crippen LogP contribution is 2.30. The van der Waals surface area contributed by atoms with E-state index in [1.165, 1.54) is 23.5 Å². The summed E-state index contributed by atoms with van der Waals surface area (Å²) in [4.78, 5) is 19.1. The van der Waals surface area contributed by atoms with Gasteiger partial charge in [-0.15, -0.1) is 0 Å². The van der Waals surface area contributed by atoms with Crippen LogP contribution in [0, 0.1) is 19.7 Å². The topological polar surface area (TPSA) is 84.7 Å². The molecule has 0 saturated carbocycles. The van der Waals surface area contributed by atoms with E-state index in [4.69, 9.17) is 0 Å². The molecular weight excluding hydrogens is 395 g/mol. The Morgan fingerprint density at radius 1 is 1.06 bits per heavy atom. The lowest BCUT2D eigenvalue weighted by Crippen LogP contribution is -2.32. The summed E-state index contributed by atoms with van der Waals surface area (Å²) in [6.07, 6.45) is 5.42. The summed E-state index contributed by atoms with van der Waals surface area (Å²) in [6.45, 7) is 5.05. The van der Waals surface area contributed by atoms with Gasteiger partial charge in [0.25, 0.3) is 5.95 Å². The molecule has 4 heterocycles. The zero-order valence-corrected chi connectivity index (χ0v) is 17.2. The second kappa shape index (κ2) is 7.75. The molecule has 0 amide bonds. The Morgan fingerprint density at radius 3 is 2.65 bits per heavy atom. The van der Waals surface area contributed by atoms with E-state index in [0.717, 1.165) is 17.8 Å². The lowest BCUT2D eigenvalue weighted by Gasteiger charge is -2.30. The number of anilines is 3. The normalized spacial score (nSPS) is 13.2. The molecule has 156 valence electrons. The first-order chi connectivity index (χ1) is 15.1. The summed E-state index contributed by atoms with van der Waals surface area (Å²) in [7, 11) is 0. The van der Waals surface area contributed by atoms with Gasteiger partial charge in [0.2, 0.25) is 5.82 Å². The minimum Gasteiger partial charge on any atom is -0.349 e. The molecule has 5 rings (SSSR count). The molecule has 0 fully saturated rings. The van der Waals surface area contributed by atoms with Gasteiger partial charge in [-0.3, -0.25) is 4.98 Å². The third kappa shape index (κ3) is 3.70. The van der Waals surface area contributed by atoms with Crippen LogP contribution < -0.4 is 10.2 Å². The number of nitrogens with zero attached hydrogens (tertiary/aromatic N) is 7. The third-order valence-corrected chi connectivity index (χ3v) is 5.26. The van der Waals surface area contributed by atoms with Gasteiger partial charge in [0.1, 0.15) is 5.82 Å². The van der Waals surface area contributed by atoms with Gasteiger partial charge in [-0.2, -0.15) is 19.5 Å². The van der Waals surface area contributed by atoms with Crippen molar-refractivity contribution in [3.8, 4) is 5.95 Å². The highest BCUT2D eigenvalue weighted by atomic mass is 19.1. The predicted molar refractivity (Wildman–Crippen MR) is 115 cm³/mol. The van der Waals surface area contributed by atoms with Crippen LogP contribution in [-0.4, -0.2) is 36.3 Å². The van der Waals surface area contributed by atoms with Crippen molar-refractivity contribution >= 4 is 17.5 Å². The van der Waals surface area contributed by atoms with E-state index in [1.807, 2.05) is 36.9 Å². The quantitative estimate of drug-likeness (QED) is 0.545. The Balaban J connectivity index is 1.60. The van der Waals surface area contributed by atoms with E-state index in [2.05, 4.69) is 42.5 Å². The van der Waals surface area contributed by atoms with Crippen LogP contribution in [-0.2, 0) is 13.0 Å². The van der Waals surface area contributed by atoms with Gasteiger partial charge in [-0.25, -0.2) is 9.67 Å². The minimum absolute atomic E-state index is 0.0342. The number of hydrogen-bond acceptors (Lipinski definition) is 7. The highest BCUT2D eigenvalue weighted by molar-refractivity contribution is 5.60. The van der Waals surface area contributed by atoms with Crippen LogP contribution in [0.15, 0.2) is 48.9 Å². The molecule has 1 aliphatic rings. The molecule has 0 radical (unpaired) electrons. The molecule has 8 nitrogen and oxygen atoms in total. The fourth-order valence-electron chi connectivity index (χ4n) is 3.80. The van der Waals surface area contributed by atoms with Crippen molar-refractivity contribution in [1.29, 1.82) is 0 Å². The molecule has 0 saturated heterocycles. The standard InChI is InChI=1S/C22H21FN8/c1-14-11-15(2)31(29-14)22-27-20(26-18-12-24-8-9-25-18)19(23)21(28-22)30-10-7-16-5-3-4-6-17(16)13-30/h3-6,8-9,11-12H,7,10,13H2,1-2H3,(H,25,26,27,28). The number of fused-ring (bicyclic) bond motifs is 1. The molecule has 0 spiro atoms. The zero-order valence-electron chi connectivity index (χ0n) is 17.2. The summed E-state index contributed by atoms with van der Waals surface area (Å²) in [5.41, 5.74) is 4.15. The Hall–Kier alpha value is -3.88. The van der Waals surface area contributed by atoms with Gasteiger partial charge in [-0.05, 0) is 37.5 Å². The highest BCUT2D eigenvalue weighted by Gasteiger charge is 2.25. The Bertz CT molecular complexity index is 1240. The van der Waals surface area contributed by atoms with Crippen molar-refractivity contribution in [2.24, 2.45) is 0 Å². The van der Waals surface area contributed by atoms with Crippen LogP contribution in [0.1, 0.15) is 22.5 Å². The zero-order chi connectivity index (χ0) is 21.4. The van der Waals surface area contributed by atoms with Gasteiger partial charge in [0, 0.05) is 31.2 Å². The number of halogens is 1. The first kappa shape index (κ1) is 19.1. The van der Waals surface area contributed by atoms with Crippen LogP contribution >= 0.6 is 0 Å². The molecule has 9 heteroatoms. The molecule has 4 aromatic rings. The second-order valence-corrected chi connectivity index (χ2v) is 7.50. The maximum atomic E-state index is 15.6. The van der Waals surface area contributed by atoms with Gasteiger partial charge in [0.05, 0.1) is 11.9 Å². The lowest BCUT2D eigenvalue weighted by atomic mass is 10.00. The number of benzene rings is 1. The molecule has 31 heavy (non-hydrogen) atoms. The van der Waals surface area contributed by atoms with E-state index >= 15 is 4.39 Å². The SMILES string of the molecule is Cc1cc(C)n(-c2nc(Nc3cnccn3)c(F)c(N3CCc4ccccc4C3)n2)n1. The Morgan fingerprint density at radius 2 is 1.90 bits per heavy atom. The van der Waals surface area contributed by atoms with Crippen molar-refractivity contribution in [3.63, 3.8) is 0 Å². The summed E-state index contributed by atoms with van der Waals surface area (Å²) in [5, 5.41) is 7.42. The van der Waals surface area contributed by atoms with E-state index in [1.54, 1.807) is 10.9 Å². The number of hydrogen-bond donors (Lipinski definition) is 1. The fourth-order valence-corrected chi connectivity index (χ4v) is 3.80. The predicted octanol–water partition coefficient (Wildman–Crippen LogP) is 3.51. The molecule has 0 aliphatic carbocycles. The lowest BCUT2D eigenvalue weighted by molar-refractivity contribution is 0.593. The average Bonchev–Trinajstić information content (AvgIpc) is 3.13. The van der Waals surface area contributed by atoms with E-state index in [-0.39, 0.29) is 11.6 Å². The van der Waals surface area contributed by atoms with Gasteiger partial charge in [-0.1, -0.05) is 24.3 Å². The van der Waals surface area contributed by atoms with Crippen molar-refractivity contribution < 1.29 is 4.39 Å². The smallest absolute Gasteiger partial charge is 0.254 e. The van der Waals surface area contributed by atoms with Crippen LogP contribution in [0.2, 0.25) is 0 Å². The average molecular weight is 416 g/mol. The first-order valence-corrected chi connectivity index (χ1v) is 10.0. The van der Waals surface area contributed by atoms with Crippen molar-refractivity contribution in [1.82, 2.24) is 29.7 Å². The van der Waals surface area contributed by atoms with Crippen molar-refractivity contribution in [3.05, 3.63) is 77.3 Å². The Kier molecular flexibility index (Phi) is 4.78. The van der Waals surface area contributed by atoms with Gasteiger partial charge in [0.15, 0.2) is 11.6 Å². The molecular formula is C22H21FN8. The number of aromatic nitrogens is 6. The van der Waals surface area contributed by atoms with E-state index < -0.39 is 5.82 Å². The summed E-state index contributed by atoms with van der Waals surface area (Å²) in [5.74, 6) is 0.433. The third-order valence-electron chi connectivity index (χ3n) is 5.26. The number of nitrogens with one attached hydrogen (secondary N) is 1. The van der Waals surface area contributed by atoms with E-state index in [0.29, 0.717) is 24.9 Å². The van der Waals surface area contributed by atoms with Crippen molar-refractivity contribution in [2.75, 3.05) is 16.8 Å². The Labute approximate surface area is 178 Å². The van der Waals surface area contributed by atoms with Crippen molar-refractivity contribution in [2.45, 2.75) is 26.8 Å². The number of rotatable bonds is 4. The van der Waals surface area contributed by atoms with Crippen LogP contribution in [0.3, 0.4) is 0 Å². The van der Waals surface area contributed by atoms with Crippen LogP contribution in [0.5, 0.6) is 0 Å².